The van der Waals surface area contributed by atoms with E-state index in [4.69, 9.17) is 0 Å². The number of rotatable bonds is 7. The van der Waals surface area contributed by atoms with Crippen LogP contribution in [0.4, 0.5) is 0 Å². The molecule has 0 aliphatic carbocycles. The van der Waals surface area contributed by atoms with E-state index in [0.29, 0.717) is 18.7 Å². The number of sulfonamides is 2. The average Bonchev–Trinajstić information content (AvgIpc) is 3.29. The molecule has 1 atom stereocenters. The van der Waals surface area contributed by atoms with Crippen molar-refractivity contribution in [3.63, 3.8) is 0 Å². The van der Waals surface area contributed by atoms with E-state index in [9.17, 15) is 21.6 Å². The van der Waals surface area contributed by atoms with Crippen LogP contribution < -0.4 is 5.32 Å². The number of hydrogen-bond acceptors (Lipinski definition) is 5. The maximum absolute atomic E-state index is 12.6. The summed E-state index contributed by atoms with van der Waals surface area (Å²) in [5.74, 6) is -0.345. The Labute approximate surface area is 184 Å². The van der Waals surface area contributed by atoms with Crippen molar-refractivity contribution < 1.29 is 21.6 Å². The Balaban J connectivity index is 1.68. The Morgan fingerprint density at radius 3 is 1.94 bits per heavy atom. The molecule has 2 aromatic carbocycles. The Bertz CT molecular complexity index is 1140. The highest BCUT2D eigenvalue weighted by atomic mass is 32.2. The average molecular weight is 466 g/mol. The van der Waals surface area contributed by atoms with Gasteiger partial charge in [-0.05, 0) is 61.7 Å². The normalized spacial score (nSPS) is 16.4. The van der Waals surface area contributed by atoms with E-state index in [-0.39, 0.29) is 21.7 Å². The molecule has 0 spiro atoms. The molecule has 168 valence electrons. The Morgan fingerprint density at radius 1 is 0.903 bits per heavy atom. The first-order valence-electron chi connectivity index (χ1n) is 9.97. The van der Waals surface area contributed by atoms with Crippen molar-refractivity contribution in [3.05, 3.63) is 59.7 Å². The van der Waals surface area contributed by atoms with E-state index >= 15 is 0 Å². The van der Waals surface area contributed by atoms with Gasteiger partial charge in [-0.1, -0.05) is 12.1 Å². The molecule has 1 aliphatic rings. The molecule has 1 amide bonds. The largest absolute Gasteiger partial charge is 0.346 e. The van der Waals surface area contributed by atoms with Crippen molar-refractivity contribution >= 4 is 26.0 Å². The second kappa shape index (κ2) is 9.07. The quantitative estimate of drug-likeness (QED) is 0.675. The lowest BCUT2D eigenvalue weighted by atomic mass is 10.1. The maximum atomic E-state index is 12.6. The van der Waals surface area contributed by atoms with Crippen molar-refractivity contribution in [2.75, 3.05) is 27.2 Å². The van der Waals surface area contributed by atoms with Crippen LogP contribution in [0.25, 0.3) is 0 Å². The summed E-state index contributed by atoms with van der Waals surface area (Å²) in [6.07, 6.45) is 1.72. The zero-order valence-corrected chi connectivity index (χ0v) is 19.4. The topological polar surface area (TPSA) is 104 Å². The predicted octanol–water partition coefficient (Wildman–Crippen LogP) is 2.21. The summed E-state index contributed by atoms with van der Waals surface area (Å²) in [5.41, 5.74) is 1.10. The molecule has 3 rings (SSSR count). The van der Waals surface area contributed by atoms with Crippen LogP contribution in [0, 0.1) is 0 Å². The Hall–Kier alpha value is -2.27. The van der Waals surface area contributed by atoms with E-state index < -0.39 is 20.0 Å². The molecule has 1 fully saturated rings. The molecule has 1 N–H and O–H groups in total. The van der Waals surface area contributed by atoms with Crippen molar-refractivity contribution in [3.8, 4) is 0 Å². The van der Waals surface area contributed by atoms with Crippen molar-refractivity contribution in [1.29, 1.82) is 0 Å². The number of amides is 1. The van der Waals surface area contributed by atoms with Crippen LogP contribution in [-0.2, 0) is 20.0 Å². The zero-order valence-electron chi connectivity index (χ0n) is 17.8. The summed E-state index contributed by atoms with van der Waals surface area (Å²) in [5, 5.41) is 2.85. The van der Waals surface area contributed by atoms with Gasteiger partial charge in [0.25, 0.3) is 5.91 Å². The number of carbonyl (C=O) groups excluding carboxylic acids is 1. The molecule has 0 bridgehead atoms. The minimum absolute atomic E-state index is 0.176. The highest BCUT2D eigenvalue weighted by Crippen LogP contribution is 2.22. The Morgan fingerprint density at radius 2 is 1.42 bits per heavy atom. The third-order valence-electron chi connectivity index (χ3n) is 5.33. The monoisotopic (exact) mass is 465 g/mol. The van der Waals surface area contributed by atoms with Gasteiger partial charge in [0, 0.05) is 32.7 Å². The number of carbonyl (C=O) groups is 1. The fraction of sp³-hybridized carbons (Fsp3) is 0.381. The van der Waals surface area contributed by atoms with Gasteiger partial charge < -0.3 is 5.32 Å². The first-order valence-corrected chi connectivity index (χ1v) is 12.8. The summed E-state index contributed by atoms with van der Waals surface area (Å²) in [7, 11) is -4.10. The molecule has 0 aromatic heterocycles. The number of nitrogens with one attached hydrogen (secondary N) is 1. The smallest absolute Gasteiger partial charge is 0.251 e. The SMILES string of the molecule is CC(NC(=O)c1ccc(S(=O)(=O)N2CCCC2)cc1)c1ccc(S(=O)(=O)N(C)C)cc1. The van der Waals surface area contributed by atoms with Crippen LogP contribution in [0.3, 0.4) is 0 Å². The first kappa shape index (κ1) is 23.4. The van der Waals surface area contributed by atoms with Crippen molar-refractivity contribution in [1.82, 2.24) is 13.9 Å². The van der Waals surface area contributed by atoms with E-state index in [1.807, 2.05) is 0 Å². The molecule has 2 aromatic rings. The molecule has 1 aliphatic heterocycles. The van der Waals surface area contributed by atoms with Gasteiger partial charge in [0.15, 0.2) is 0 Å². The number of nitrogens with zero attached hydrogens (tertiary/aromatic N) is 2. The zero-order chi connectivity index (χ0) is 22.8. The van der Waals surface area contributed by atoms with E-state index in [1.54, 1.807) is 19.1 Å². The fourth-order valence-corrected chi connectivity index (χ4v) is 5.78. The fourth-order valence-electron chi connectivity index (χ4n) is 3.36. The summed E-state index contributed by atoms with van der Waals surface area (Å²) in [6.45, 7) is 2.84. The van der Waals surface area contributed by atoms with Gasteiger partial charge in [-0.2, -0.15) is 4.31 Å². The molecule has 31 heavy (non-hydrogen) atoms. The molecular formula is C21H27N3O5S2. The van der Waals surface area contributed by atoms with Gasteiger partial charge in [-0.25, -0.2) is 21.1 Å². The summed E-state index contributed by atoms with van der Waals surface area (Å²) >= 11 is 0. The van der Waals surface area contributed by atoms with E-state index in [1.165, 1.54) is 54.8 Å². The summed E-state index contributed by atoms with van der Waals surface area (Å²) < 4.78 is 52.1. The predicted molar refractivity (Wildman–Crippen MR) is 118 cm³/mol. The lowest BCUT2D eigenvalue weighted by Crippen LogP contribution is -2.28. The van der Waals surface area contributed by atoms with Crippen LogP contribution in [-0.4, -0.2) is 58.5 Å². The minimum Gasteiger partial charge on any atom is -0.346 e. The van der Waals surface area contributed by atoms with Crippen molar-refractivity contribution in [2.24, 2.45) is 0 Å². The Kier molecular flexibility index (Phi) is 6.85. The molecule has 1 unspecified atom stereocenters. The third kappa shape index (κ3) is 4.98. The molecule has 1 saturated heterocycles. The van der Waals surface area contributed by atoms with E-state index in [0.717, 1.165) is 22.7 Å². The third-order valence-corrected chi connectivity index (χ3v) is 9.07. The van der Waals surface area contributed by atoms with E-state index in [2.05, 4.69) is 5.32 Å². The second-order valence-corrected chi connectivity index (χ2v) is 11.8. The van der Waals surface area contributed by atoms with Gasteiger partial charge in [-0.15, -0.1) is 0 Å². The van der Waals surface area contributed by atoms with Gasteiger partial charge in [0.1, 0.15) is 0 Å². The van der Waals surface area contributed by atoms with Crippen LogP contribution in [0.2, 0.25) is 0 Å². The van der Waals surface area contributed by atoms with Gasteiger partial charge in [0.2, 0.25) is 20.0 Å². The van der Waals surface area contributed by atoms with Crippen LogP contribution in [0.15, 0.2) is 58.3 Å². The molecule has 0 radical (unpaired) electrons. The lowest BCUT2D eigenvalue weighted by Gasteiger charge is -2.17. The molecular weight excluding hydrogens is 438 g/mol. The highest BCUT2D eigenvalue weighted by Gasteiger charge is 2.27. The van der Waals surface area contributed by atoms with Crippen LogP contribution in [0.1, 0.15) is 41.7 Å². The number of hydrogen-bond donors (Lipinski definition) is 1. The minimum atomic E-state index is -3.52. The lowest BCUT2D eigenvalue weighted by molar-refractivity contribution is 0.0939. The first-order chi connectivity index (χ1) is 14.5. The van der Waals surface area contributed by atoms with Gasteiger partial charge in [-0.3, -0.25) is 4.79 Å². The standard InChI is InChI=1S/C21H27N3O5S2/c1-16(17-6-10-19(11-7-17)30(26,27)23(2)3)22-21(25)18-8-12-20(13-9-18)31(28,29)24-14-4-5-15-24/h6-13,16H,4-5,14-15H2,1-3H3,(H,22,25). The number of benzene rings is 2. The second-order valence-electron chi connectivity index (χ2n) is 7.69. The van der Waals surface area contributed by atoms with Gasteiger partial charge in [0.05, 0.1) is 15.8 Å². The summed E-state index contributed by atoms with van der Waals surface area (Å²) in [4.78, 5) is 12.9. The van der Waals surface area contributed by atoms with Gasteiger partial charge >= 0.3 is 0 Å². The molecule has 8 nitrogen and oxygen atoms in total. The molecule has 10 heteroatoms. The maximum Gasteiger partial charge on any atom is 0.251 e. The van der Waals surface area contributed by atoms with Crippen molar-refractivity contribution in [2.45, 2.75) is 35.6 Å². The van der Waals surface area contributed by atoms with Crippen LogP contribution >= 0.6 is 0 Å². The molecule has 1 heterocycles. The molecule has 0 saturated carbocycles. The summed E-state index contributed by atoms with van der Waals surface area (Å²) in [6, 6.07) is 11.9. The highest BCUT2D eigenvalue weighted by molar-refractivity contribution is 7.89. The van der Waals surface area contributed by atoms with Crippen LogP contribution in [0.5, 0.6) is 0 Å².